The molecule has 0 spiro atoms. The minimum Gasteiger partial charge on any atom is -0.496 e. The number of amides is 1. The fraction of sp³-hybridized carbons (Fsp3) is 0.417. The van der Waals surface area contributed by atoms with Gasteiger partial charge in [-0.25, -0.2) is 14.5 Å². The topological polar surface area (TPSA) is 141 Å². The molecule has 4 heterocycles. The van der Waals surface area contributed by atoms with Gasteiger partial charge >= 0.3 is 12.1 Å². The number of aryl methyl sites for hydroxylation is 1. The van der Waals surface area contributed by atoms with Gasteiger partial charge in [0.05, 0.1) is 36.8 Å². The fourth-order valence-corrected chi connectivity index (χ4v) is 4.90. The van der Waals surface area contributed by atoms with Gasteiger partial charge in [-0.15, -0.1) is 11.8 Å². The SMILES string of the molecule is COc1c(C)cnc(Cn2nc3c4c(nc(NC(=O)OC(C)(C)C)nc42)SCC(CC(=O)O)=C3)c1C. The van der Waals surface area contributed by atoms with Crippen molar-refractivity contribution >= 4 is 46.9 Å². The molecule has 0 radical (unpaired) electrons. The number of carboxylic acid groups (broad SMARTS) is 1. The van der Waals surface area contributed by atoms with Crippen molar-refractivity contribution < 1.29 is 24.2 Å². The molecule has 3 aromatic heterocycles. The number of carbonyl (C=O) groups excluding carboxylic acids is 1. The molecule has 36 heavy (non-hydrogen) atoms. The zero-order valence-corrected chi connectivity index (χ0v) is 21.8. The molecule has 12 heteroatoms. The van der Waals surface area contributed by atoms with E-state index < -0.39 is 17.7 Å². The van der Waals surface area contributed by atoms with Crippen LogP contribution in [-0.2, 0) is 16.1 Å². The summed E-state index contributed by atoms with van der Waals surface area (Å²) in [4.78, 5) is 37.5. The normalized spacial score (nSPS) is 13.2. The third-order valence-electron chi connectivity index (χ3n) is 5.36. The first-order valence-electron chi connectivity index (χ1n) is 11.3. The van der Waals surface area contributed by atoms with Gasteiger partial charge in [-0.1, -0.05) is 0 Å². The van der Waals surface area contributed by atoms with Crippen molar-refractivity contribution in [2.75, 3.05) is 18.2 Å². The molecule has 1 aliphatic rings. The predicted octanol–water partition coefficient (Wildman–Crippen LogP) is 4.21. The third kappa shape index (κ3) is 5.43. The monoisotopic (exact) mass is 512 g/mol. The van der Waals surface area contributed by atoms with Crippen LogP contribution in [0.1, 0.15) is 49.7 Å². The first kappa shape index (κ1) is 25.4. The average molecular weight is 513 g/mol. The number of anilines is 1. The number of nitrogens with one attached hydrogen (secondary N) is 1. The van der Waals surface area contributed by atoms with Crippen molar-refractivity contribution in [3.63, 3.8) is 0 Å². The Balaban J connectivity index is 1.82. The molecule has 11 nitrogen and oxygen atoms in total. The number of ether oxygens (including phenoxy) is 2. The van der Waals surface area contributed by atoms with Gasteiger partial charge in [-0.3, -0.25) is 15.1 Å². The van der Waals surface area contributed by atoms with Gasteiger partial charge in [0.15, 0.2) is 5.65 Å². The first-order valence-corrected chi connectivity index (χ1v) is 12.3. The summed E-state index contributed by atoms with van der Waals surface area (Å²) in [5, 5.41) is 17.9. The zero-order valence-electron chi connectivity index (χ0n) is 21.0. The molecule has 2 N–H and O–H groups in total. The summed E-state index contributed by atoms with van der Waals surface area (Å²) in [6.07, 6.45) is 2.73. The van der Waals surface area contributed by atoms with Crippen LogP contribution in [0.3, 0.4) is 0 Å². The number of pyridine rings is 1. The Morgan fingerprint density at radius 2 is 2.00 bits per heavy atom. The Labute approximate surface area is 212 Å². The Kier molecular flexibility index (Phi) is 6.90. The lowest BCUT2D eigenvalue weighted by atomic mass is 10.1. The van der Waals surface area contributed by atoms with Gasteiger partial charge < -0.3 is 14.6 Å². The molecule has 0 aliphatic carbocycles. The highest BCUT2D eigenvalue weighted by Gasteiger charge is 2.25. The third-order valence-corrected chi connectivity index (χ3v) is 6.45. The van der Waals surface area contributed by atoms with E-state index in [-0.39, 0.29) is 18.9 Å². The summed E-state index contributed by atoms with van der Waals surface area (Å²) in [7, 11) is 1.62. The molecule has 4 rings (SSSR count). The van der Waals surface area contributed by atoms with Crippen LogP contribution >= 0.6 is 11.8 Å². The van der Waals surface area contributed by atoms with Crippen LogP contribution in [0, 0.1) is 13.8 Å². The Bertz CT molecular complexity index is 1390. The number of carbonyl (C=O) groups is 2. The van der Waals surface area contributed by atoms with Gasteiger partial charge in [-0.05, 0) is 46.3 Å². The molecule has 0 unspecified atom stereocenters. The van der Waals surface area contributed by atoms with Crippen molar-refractivity contribution in [3.05, 3.63) is 34.3 Å². The quantitative estimate of drug-likeness (QED) is 0.461. The largest absolute Gasteiger partial charge is 0.496 e. The number of aromatic nitrogens is 5. The maximum absolute atomic E-state index is 12.4. The second kappa shape index (κ2) is 9.76. The molecule has 0 aromatic carbocycles. The summed E-state index contributed by atoms with van der Waals surface area (Å²) < 4.78 is 12.6. The second-order valence-electron chi connectivity index (χ2n) is 9.43. The molecule has 0 fully saturated rings. The molecule has 0 bridgehead atoms. The van der Waals surface area contributed by atoms with Crippen molar-refractivity contribution in [3.8, 4) is 5.75 Å². The molecule has 190 valence electrons. The number of thioether (sulfide) groups is 1. The molecular formula is C24H28N6O5S. The Hall–Kier alpha value is -3.67. The lowest BCUT2D eigenvalue weighted by Crippen LogP contribution is -2.28. The molecule has 1 amide bonds. The van der Waals surface area contributed by atoms with Crippen molar-refractivity contribution in [1.82, 2.24) is 24.7 Å². The number of rotatable bonds is 6. The lowest BCUT2D eigenvalue weighted by molar-refractivity contribution is -0.136. The van der Waals surface area contributed by atoms with E-state index in [1.165, 1.54) is 11.8 Å². The highest BCUT2D eigenvalue weighted by molar-refractivity contribution is 7.99. The van der Waals surface area contributed by atoms with Crippen LogP contribution in [0.25, 0.3) is 17.1 Å². The van der Waals surface area contributed by atoms with Gasteiger partial charge in [0.1, 0.15) is 16.4 Å². The number of hydrogen-bond donors (Lipinski definition) is 2. The predicted molar refractivity (Wildman–Crippen MR) is 135 cm³/mol. The van der Waals surface area contributed by atoms with Gasteiger partial charge in [0.25, 0.3) is 0 Å². The van der Waals surface area contributed by atoms with Crippen LogP contribution in [0.5, 0.6) is 5.75 Å². The van der Waals surface area contributed by atoms with Gasteiger partial charge in [0, 0.05) is 23.1 Å². The Morgan fingerprint density at radius 1 is 1.25 bits per heavy atom. The summed E-state index contributed by atoms with van der Waals surface area (Å²) >= 11 is 1.37. The van der Waals surface area contributed by atoms with Gasteiger partial charge in [0.2, 0.25) is 5.95 Å². The lowest BCUT2D eigenvalue weighted by Gasteiger charge is -2.19. The average Bonchev–Trinajstić information content (AvgIpc) is 2.99. The van der Waals surface area contributed by atoms with E-state index in [0.717, 1.165) is 22.6 Å². The fourth-order valence-electron chi connectivity index (χ4n) is 3.90. The summed E-state index contributed by atoms with van der Waals surface area (Å²) in [5.41, 5.74) is 3.62. The summed E-state index contributed by atoms with van der Waals surface area (Å²) in [5.74, 6) is 0.323. The van der Waals surface area contributed by atoms with E-state index in [1.807, 2.05) is 13.8 Å². The number of hydrogen-bond acceptors (Lipinski definition) is 9. The summed E-state index contributed by atoms with van der Waals surface area (Å²) in [6, 6.07) is 0. The highest BCUT2D eigenvalue weighted by atomic mass is 32.2. The number of nitrogens with zero attached hydrogens (tertiary/aromatic N) is 5. The molecule has 3 aromatic rings. The van der Waals surface area contributed by atoms with Crippen LogP contribution in [-0.4, -0.2) is 60.4 Å². The highest BCUT2D eigenvalue weighted by Crippen LogP contribution is 2.36. The van der Waals surface area contributed by atoms with Crippen LogP contribution in [0.15, 0.2) is 16.8 Å². The van der Waals surface area contributed by atoms with Crippen LogP contribution in [0.2, 0.25) is 0 Å². The smallest absolute Gasteiger partial charge is 0.414 e. The van der Waals surface area contributed by atoms with E-state index in [1.54, 1.807) is 44.8 Å². The van der Waals surface area contributed by atoms with Crippen LogP contribution in [0.4, 0.5) is 10.7 Å². The van der Waals surface area contributed by atoms with E-state index in [0.29, 0.717) is 33.1 Å². The number of aliphatic carboxylic acids is 1. The minimum atomic E-state index is -0.923. The molecule has 0 saturated heterocycles. The maximum Gasteiger partial charge on any atom is 0.414 e. The number of carboxylic acids is 1. The maximum atomic E-state index is 12.4. The second-order valence-corrected chi connectivity index (χ2v) is 10.4. The molecule has 0 atom stereocenters. The first-order chi connectivity index (χ1) is 16.9. The van der Waals surface area contributed by atoms with E-state index >= 15 is 0 Å². The van der Waals surface area contributed by atoms with E-state index in [4.69, 9.17) is 14.6 Å². The molecule has 0 saturated carbocycles. The molecular weight excluding hydrogens is 484 g/mol. The van der Waals surface area contributed by atoms with Crippen molar-refractivity contribution in [2.45, 2.75) is 58.2 Å². The van der Waals surface area contributed by atoms with Gasteiger partial charge in [-0.2, -0.15) is 10.1 Å². The molecule has 1 aliphatic heterocycles. The number of methoxy groups -OCH3 is 1. The zero-order chi connectivity index (χ0) is 26.2. The van der Waals surface area contributed by atoms with E-state index in [2.05, 4.69) is 20.3 Å². The standard InChI is InChI=1S/C24H28N6O5S/c1-12-9-25-16(13(2)19(12)34-6)10-30-20-18-15(29-30)7-14(8-17(31)32)11-36-21(18)27-22(26-20)28-23(33)35-24(3,4)5/h7,9H,8,10-11H2,1-6H3,(H,31,32)(H,26,27,28,33). The Morgan fingerprint density at radius 3 is 2.67 bits per heavy atom. The van der Waals surface area contributed by atoms with Crippen molar-refractivity contribution in [1.29, 1.82) is 0 Å². The summed E-state index contributed by atoms with van der Waals surface area (Å²) in [6.45, 7) is 9.44. The van der Waals surface area contributed by atoms with Crippen molar-refractivity contribution in [2.24, 2.45) is 0 Å². The van der Waals surface area contributed by atoms with E-state index in [9.17, 15) is 14.7 Å². The minimum absolute atomic E-state index is 0.0693. The van der Waals surface area contributed by atoms with Crippen LogP contribution < -0.4 is 10.1 Å².